The second kappa shape index (κ2) is 7.43. The first kappa shape index (κ1) is 17.7. The van der Waals surface area contributed by atoms with Crippen LogP contribution in [-0.4, -0.2) is 28.7 Å². The van der Waals surface area contributed by atoms with Gasteiger partial charge in [0.15, 0.2) is 0 Å². The van der Waals surface area contributed by atoms with Crippen LogP contribution in [-0.2, 0) is 11.3 Å². The van der Waals surface area contributed by atoms with Crippen molar-refractivity contribution in [2.24, 2.45) is 0 Å². The Balaban J connectivity index is 1.87. The molecule has 0 saturated carbocycles. The molecule has 0 radical (unpaired) electrons. The van der Waals surface area contributed by atoms with Crippen LogP contribution in [0.5, 0.6) is 5.75 Å². The molecule has 0 atom stereocenters. The minimum Gasteiger partial charge on any atom is -0.491 e. The summed E-state index contributed by atoms with van der Waals surface area (Å²) in [5, 5.41) is 0.138. The van der Waals surface area contributed by atoms with E-state index < -0.39 is 5.97 Å². The standard InChI is InChI=1S/C19H20N2O5/c1-4-24-19(23)15-13(3)26-17-16(15)18(22)21(11-20-17)9-10-25-14-8-6-5-7-12(14)2/h5-8,11H,4,9-10H2,1-3H3. The molecule has 7 nitrogen and oxygen atoms in total. The minimum atomic E-state index is -0.587. The van der Waals surface area contributed by atoms with Crippen LogP contribution in [0.2, 0.25) is 0 Å². The maximum Gasteiger partial charge on any atom is 0.342 e. The number of hydrogen-bond donors (Lipinski definition) is 0. The molecule has 0 bridgehead atoms. The number of benzene rings is 1. The van der Waals surface area contributed by atoms with Crippen molar-refractivity contribution in [3.63, 3.8) is 0 Å². The fourth-order valence-electron chi connectivity index (χ4n) is 2.72. The molecule has 0 N–H and O–H groups in total. The minimum absolute atomic E-state index is 0.131. The molecule has 0 saturated heterocycles. The molecule has 26 heavy (non-hydrogen) atoms. The number of furan rings is 1. The second-order valence-electron chi connectivity index (χ2n) is 5.79. The van der Waals surface area contributed by atoms with E-state index >= 15 is 0 Å². The van der Waals surface area contributed by atoms with Gasteiger partial charge in [-0.05, 0) is 32.4 Å². The van der Waals surface area contributed by atoms with Crippen molar-refractivity contribution in [1.29, 1.82) is 0 Å². The maximum atomic E-state index is 12.8. The highest BCUT2D eigenvalue weighted by atomic mass is 16.5. The summed E-state index contributed by atoms with van der Waals surface area (Å²) in [4.78, 5) is 29.1. The third-order valence-electron chi connectivity index (χ3n) is 4.02. The van der Waals surface area contributed by atoms with Gasteiger partial charge in [0.1, 0.15) is 35.4 Å². The summed E-state index contributed by atoms with van der Waals surface area (Å²) in [5.74, 6) is 0.495. The first-order valence-electron chi connectivity index (χ1n) is 8.37. The highest BCUT2D eigenvalue weighted by Gasteiger charge is 2.23. The Morgan fingerprint density at radius 1 is 1.27 bits per heavy atom. The molecule has 0 unspecified atom stereocenters. The maximum absolute atomic E-state index is 12.8. The van der Waals surface area contributed by atoms with E-state index in [9.17, 15) is 9.59 Å². The highest BCUT2D eigenvalue weighted by molar-refractivity contribution is 6.03. The monoisotopic (exact) mass is 356 g/mol. The molecule has 3 rings (SSSR count). The van der Waals surface area contributed by atoms with Crippen LogP contribution in [0.15, 0.2) is 39.8 Å². The number of carbonyl (C=O) groups is 1. The molecule has 7 heteroatoms. The van der Waals surface area contributed by atoms with E-state index in [0.29, 0.717) is 18.9 Å². The third-order valence-corrected chi connectivity index (χ3v) is 4.02. The molecular formula is C19H20N2O5. The van der Waals surface area contributed by atoms with Gasteiger partial charge in [-0.25, -0.2) is 9.78 Å². The summed E-state index contributed by atoms with van der Waals surface area (Å²) in [7, 11) is 0. The zero-order valence-corrected chi connectivity index (χ0v) is 14.9. The van der Waals surface area contributed by atoms with Crippen LogP contribution in [0.1, 0.15) is 28.6 Å². The van der Waals surface area contributed by atoms with Crippen molar-refractivity contribution >= 4 is 17.1 Å². The first-order valence-corrected chi connectivity index (χ1v) is 8.37. The fraction of sp³-hybridized carbons (Fsp3) is 0.316. The topological polar surface area (TPSA) is 83.6 Å². The number of para-hydroxylation sites is 1. The fourth-order valence-corrected chi connectivity index (χ4v) is 2.72. The molecule has 2 heterocycles. The number of aryl methyl sites for hydroxylation is 2. The third kappa shape index (κ3) is 3.33. The van der Waals surface area contributed by atoms with Gasteiger partial charge in [0, 0.05) is 0 Å². The lowest BCUT2D eigenvalue weighted by Gasteiger charge is -2.10. The van der Waals surface area contributed by atoms with E-state index in [4.69, 9.17) is 13.9 Å². The molecule has 0 amide bonds. The molecule has 0 aliphatic rings. The van der Waals surface area contributed by atoms with Crippen LogP contribution < -0.4 is 10.3 Å². The smallest absolute Gasteiger partial charge is 0.342 e. The summed E-state index contributed by atoms with van der Waals surface area (Å²) in [6.45, 7) is 6.07. The Morgan fingerprint density at radius 2 is 2.04 bits per heavy atom. The number of ether oxygens (including phenoxy) is 2. The van der Waals surface area contributed by atoms with Crippen LogP contribution in [0.25, 0.3) is 11.1 Å². The second-order valence-corrected chi connectivity index (χ2v) is 5.79. The predicted octanol–water partition coefficient (Wildman–Crippen LogP) is 2.86. The lowest BCUT2D eigenvalue weighted by molar-refractivity contribution is 0.0526. The van der Waals surface area contributed by atoms with E-state index in [2.05, 4.69) is 4.98 Å². The van der Waals surface area contributed by atoms with Gasteiger partial charge in [-0.3, -0.25) is 9.36 Å². The van der Waals surface area contributed by atoms with Crippen molar-refractivity contribution in [2.45, 2.75) is 27.3 Å². The summed E-state index contributed by atoms with van der Waals surface area (Å²) in [5.41, 5.74) is 0.923. The molecule has 1 aromatic carbocycles. The number of nitrogens with zero attached hydrogens (tertiary/aromatic N) is 2. The summed E-state index contributed by atoms with van der Waals surface area (Å²) < 4.78 is 17.6. The largest absolute Gasteiger partial charge is 0.491 e. The van der Waals surface area contributed by atoms with Crippen molar-refractivity contribution < 1.29 is 18.7 Å². The summed E-state index contributed by atoms with van der Waals surface area (Å²) >= 11 is 0. The lowest BCUT2D eigenvalue weighted by atomic mass is 10.2. The molecule has 0 aliphatic heterocycles. The number of rotatable bonds is 6. The summed E-state index contributed by atoms with van der Waals surface area (Å²) in [6, 6.07) is 7.65. The van der Waals surface area contributed by atoms with E-state index in [1.165, 1.54) is 10.9 Å². The van der Waals surface area contributed by atoms with Crippen molar-refractivity contribution in [3.05, 3.63) is 57.8 Å². The quantitative estimate of drug-likeness (QED) is 0.632. The Labute approximate surface area is 150 Å². The summed E-state index contributed by atoms with van der Waals surface area (Å²) in [6.07, 6.45) is 1.39. The Hall–Kier alpha value is -3.09. The highest BCUT2D eigenvalue weighted by Crippen LogP contribution is 2.22. The van der Waals surface area contributed by atoms with E-state index in [-0.39, 0.29) is 28.8 Å². The molecule has 0 fully saturated rings. The molecule has 3 aromatic rings. The number of fused-ring (bicyclic) bond motifs is 1. The van der Waals surface area contributed by atoms with Crippen molar-refractivity contribution in [2.75, 3.05) is 13.2 Å². The number of carbonyl (C=O) groups excluding carboxylic acids is 1. The lowest BCUT2D eigenvalue weighted by Crippen LogP contribution is -2.24. The van der Waals surface area contributed by atoms with Crippen LogP contribution in [0.4, 0.5) is 0 Å². The van der Waals surface area contributed by atoms with E-state index in [1.54, 1.807) is 13.8 Å². The van der Waals surface area contributed by atoms with Gasteiger partial charge in [-0.2, -0.15) is 0 Å². The average molecular weight is 356 g/mol. The normalized spacial score (nSPS) is 10.9. The van der Waals surface area contributed by atoms with E-state index in [0.717, 1.165) is 11.3 Å². The molecule has 0 spiro atoms. The Kier molecular flexibility index (Phi) is 5.06. The van der Waals surface area contributed by atoms with Gasteiger partial charge >= 0.3 is 5.97 Å². The molecular weight excluding hydrogens is 336 g/mol. The van der Waals surface area contributed by atoms with E-state index in [1.807, 2.05) is 31.2 Å². The van der Waals surface area contributed by atoms with Gasteiger partial charge < -0.3 is 13.9 Å². The van der Waals surface area contributed by atoms with Gasteiger partial charge in [0.25, 0.3) is 5.56 Å². The first-order chi connectivity index (χ1) is 12.5. The Morgan fingerprint density at radius 3 is 2.77 bits per heavy atom. The molecule has 0 aliphatic carbocycles. The predicted molar refractivity (Wildman–Crippen MR) is 95.6 cm³/mol. The number of hydrogen-bond acceptors (Lipinski definition) is 6. The molecule has 136 valence electrons. The molecule has 2 aromatic heterocycles. The Bertz CT molecular complexity index is 1000. The van der Waals surface area contributed by atoms with Gasteiger partial charge in [-0.15, -0.1) is 0 Å². The zero-order valence-electron chi connectivity index (χ0n) is 14.9. The van der Waals surface area contributed by atoms with Gasteiger partial charge in [-0.1, -0.05) is 18.2 Å². The number of aromatic nitrogens is 2. The van der Waals surface area contributed by atoms with Gasteiger partial charge in [0.2, 0.25) is 5.71 Å². The zero-order chi connectivity index (χ0) is 18.7. The van der Waals surface area contributed by atoms with Crippen molar-refractivity contribution in [1.82, 2.24) is 9.55 Å². The number of esters is 1. The van der Waals surface area contributed by atoms with Crippen LogP contribution >= 0.6 is 0 Å². The van der Waals surface area contributed by atoms with Crippen LogP contribution in [0, 0.1) is 13.8 Å². The SMILES string of the molecule is CCOC(=O)c1c(C)oc2ncn(CCOc3ccccc3C)c(=O)c12. The van der Waals surface area contributed by atoms with Gasteiger partial charge in [0.05, 0.1) is 13.2 Å². The van der Waals surface area contributed by atoms with Crippen LogP contribution in [0.3, 0.4) is 0 Å². The van der Waals surface area contributed by atoms with Crippen molar-refractivity contribution in [3.8, 4) is 5.75 Å². The average Bonchev–Trinajstić information content (AvgIpc) is 2.95.